The number of carbonyl (C=O) groups is 1. The number of hydrogen-bond donors (Lipinski definition) is 0. The minimum Gasteiger partial charge on any atom is -0.338 e. The highest BCUT2D eigenvalue weighted by Gasteiger charge is 2.24. The fraction of sp³-hybridized carbons (Fsp3) is 0.350. The van der Waals surface area contributed by atoms with Gasteiger partial charge >= 0.3 is 0 Å². The van der Waals surface area contributed by atoms with Crippen LogP contribution in [0.1, 0.15) is 23.1 Å². The minimum absolute atomic E-state index is 0.0175. The molecular weight excluding hydrogens is 348 g/mol. The van der Waals surface area contributed by atoms with E-state index in [1.807, 2.05) is 48.5 Å². The summed E-state index contributed by atoms with van der Waals surface area (Å²) < 4.78 is 26.3. The van der Waals surface area contributed by atoms with Crippen LogP contribution in [0.5, 0.6) is 0 Å². The summed E-state index contributed by atoms with van der Waals surface area (Å²) in [7, 11) is -1.91. The van der Waals surface area contributed by atoms with Gasteiger partial charge in [0.05, 0.1) is 5.75 Å². The number of rotatable bonds is 6. The van der Waals surface area contributed by atoms with E-state index in [9.17, 15) is 13.2 Å². The summed E-state index contributed by atoms with van der Waals surface area (Å²) in [6.45, 7) is 1.53. The third-order valence-corrected chi connectivity index (χ3v) is 6.58. The zero-order valence-corrected chi connectivity index (χ0v) is 15.8. The summed E-state index contributed by atoms with van der Waals surface area (Å²) in [6, 6.07) is 17.5. The van der Waals surface area contributed by atoms with Crippen molar-refractivity contribution in [2.24, 2.45) is 0 Å². The summed E-state index contributed by atoms with van der Waals surface area (Å²) in [4.78, 5) is 14.2. The number of fused-ring (bicyclic) bond motifs is 1. The lowest BCUT2D eigenvalue weighted by atomic mass is 10.00. The van der Waals surface area contributed by atoms with Crippen LogP contribution < -0.4 is 0 Å². The quantitative estimate of drug-likeness (QED) is 0.782. The monoisotopic (exact) mass is 372 g/mol. The molecule has 138 valence electrons. The van der Waals surface area contributed by atoms with E-state index >= 15 is 0 Å². The number of carbonyl (C=O) groups excluding carboxylic acids is 1. The molecule has 1 aliphatic heterocycles. The van der Waals surface area contributed by atoms with Crippen molar-refractivity contribution in [1.29, 1.82) is 0 Å². The smallest absolute Gasteiger partial charge is 0.223 e. The lowest BCUT2D eigenvalue weighted by Crippen LogP contribution is -2.38. The van der Waals surface area contributed by atoms with E-state index in [-0.39, 0.29) is 18.1 Å². The summed E-state index contributed by atoms with van der Waals surface area (Å²) in [6.07, 6.45) is 0.839. The van der Waals surface area contributed by atoms with Gasteiger partial charge in [-0.15, -0.1) is 0 Å². The van der Waals surface area contributed by atoms with Crippen molar-refractivity contribution >= 4 is 15.9 Å². The molecule has 3 rings (SSSR count). The highest BCUT2D eigenvalue weighted by Crippen LogP contribution is 2.19. The van der Waals surface area contributed by atoms with Crippen LogP contribution in [0.25, 0.3) is 0 Å². The van der Waals surface area contributed by atoms with Crippen LogP contribution in [0, 0.1) is 0 Å². The zero-order chi connectivity index (χ0) is 18.6. The molecule has 2 aromatic rings. The zero-order valence-electron chi connectivity index (χ0n) is 15.0. The lowest BCUT2D eigenvalue weighted by Gasteiger charge is -2.29. The van der Waals surface area contributed by atoms with Gasteiger partial charge < -0.3 is 4.90 Å². The standard InChI is InChI=1S/C20H24N2O3S/c1-21(15-17-7-3-2-4-8-17)26(24,25)14-12-20(23)22-13-11-18-9-5-6-10-19(18)16-22/h2-10H,11-16H2,1H3. The normalized spacial score (nSPS) is 14.3. The van der Waals surface area contributed by atoms with Gasteiger partial charge in [-0.2, -0.15) is 0 Å². The van der Waals surface area contributed by atoms with Gasteiger partial charge in [-0.05, 0) is 23.1 Å². The van der Waals surface area contributed by atoms with Crippen LogP contribution in [-0.4, -0.2) is 42.9 Å². The molecule has 2 aromatic carbocycles. The topological polar surface area (TPSA) is 57.7 Å². The first kappa shape index (κ1) is 18.6. The first-order chi connectivity index (χ1) is 12.5. The van der Waals surface area contributed by atoms with Crippen LogP contribution in [0.15, 0.2) is 54.6 Å². The maximum Gasteiger partial charge on any atom is 0.223 e. The van der Waals surface area contributed by atoms with Crippen molar-refractivity contribution in [3.8, 4) is 0 Å². The number of hydrogen-bond acceptors (Lipinski definition) is 3. The fourth-order valence-corrected chi connectivity index (χ4v) is 4.27. The van der Waals surface area contributed by atoms with Crippen molar-refractivity contribution in [2.75, 3.05) is 19.3 Å². The molecule has 0 spiro atoms. The molecule has 0 saturated carbocycles. The van der Waals surface area contributed by atoms with Gasteiger partial charge in [0.2, 0.25) is 15.9 Å². The molecule has 0 aliphatic carbocycles. The van der Waals surface area contributed by atoms with Crippen molar-refractivity contribution in [3.63, 3.8) is 0 Å². The second kappa shape index (κ2) is 8.01. The third-order valence-electron chi connectivity index (χ3n) is 4.78. The molecule has 0 fully saturated rings. The Hall–Kier alpha value is -2.18. The fourth-order valence-electron chi connectivity index (χ4n) is 3.18. The van der Waals surface area contributed by atoms with Crippen LogP contribution >= 0.6 is 0 Å². The minimum atomic E-state index is -3.47. The highest BCUT2D eigenvalue weighted by molar-refractivity contribution is 7.89. The van der Waals surface area contributed by atoms with E-state index < -0.39 is 10.0 Å². The van der Waals surface area contributed by atoms with Gasteiger partial charge in [0.25, 0.3) is 0 Å². The summed E-state index contributed by atoms with van der Waals surface area (Å²) >= 11 is 0. The molecule has 1 heterocycles. The van der Waals surface area contributed by atoms with Crippen LogP contribution in [-0.2, 0) is 34.3 Å². The molecular formula is C20H24N2O3S. The molecule has 0 aromatic heterocycles. The second-order valence-electron chi connectivity index (χ2n) is 6.64. The van der Waals surface area contributed by atoms with E-state index in [4.69, 9.17) is 0 Å². The Morgan fingerprint density at radius 1 is 1.04 bits per heavy atom. The second-order valence-corrected chi connectivity index (χ2v) is 8.84. The van der Waals surface area contributed by atoms with Crippen LogP contribution in [0.4, 0.5) is 0 Å². The average molecular weight is 372 g/mol. The molecule has 1 aliphatic rings. The Morgan fingerprint density at radius 2 is 1.69 bits per heavy atom. The maximum atomic E-state index is 12.5. The van der Waals surface area contributed by atoms with Crippen molar-refractivity contribution in [1.82, 2.24) is 9.21 Å². The first-order valence-electron chi connectivity index (χ1n) is 8.78. The van der Waals surface area contributed by atoms with Crippen molar-refractivity contribution in [3.05, 3.63) is 71.3 Å². The van der Waals surface area contributed by atoms with E-state index in [1.165, 1.54) is 9.87 Å². The molecule has 0 radical (unpaired) electrons. The van der Waals surface area contributed by atoms with E-state index in [0.717, 1.165) is 17.5 Å². The van der Waals surface area contributed by atoms with Crippen molar-refractivity contribution < 1.29 is 13.2 Å². The Morgan fingerprint density at radius 3 is 2.42 bits per heavy atom. The molecule has 26 heavy (non-hydrogen) atoms. The summed E-state index contributed by atoms with van der Waals surface area (Å²) in [5.41, 5.74) is 3.35. The number of nitrogens with zero attached hydrogens (tertiary/aromatic N) is 2. The molecule has 0 bridgehead atoms. The SMILES string of the molecule is CN(Cc1ccccc1)S(=O)(=O)CCC(=O)N1CCc2ccccc2C1. The average Bonchev–Trinajstić information content (AvgIpc) is 2.66. The Bertz CT molecular complexity index is 866. The molecule has 0 atom stereocenters. The van der Waals surface area contributed by atoms with Gasteiger partial charge in [-0.3, -0.25) is 4.79 Å². The lowest BCUT2D eigenvalue weighted by molar-refractivity contribution is -0.131. The Kier molecular flexibility index (Phi) is 5.74. The van der Waals surface area contributed by atoms with E-state index in [0.29, 0.717) is 19.6 Å². The van der Waals surface area contributed by atoms with Gasteiger partial charge in [-0.1, -0.05) is 54.6 Å². The van der Waals surface area contributed by atoms with Gasteiger partial charge in [0.1, 0.15) is 0 Å². The van der Waals surface area contributed by atoms with Crippen LogP contribution in [0.3, 0.4) is 0 Å². The van der Waals surface area contributed by atoms with Gasteiger partial charge in [-0.25, -0.2) is 12.7 Å². The van der Waals surface area contributed by atoms with E-state index in [2.05, 4.69) is 6.07 Å². The number of benzene rings is 2. The molecule has 1 amide bonds. The molecule has 6 heteroatoms. The predicted molar refractivity (Wildman–Crippen MR) is 102 cm³/mol. The van der Waals surface area contributed by atoms with Crippen LogP contribution in [0.2, 0.25) is 0 Å². The van der Waals surface area contributed by atoms with Crippen molar-refractivity contribution in [2.45, 2.75) is 25.9 Å². The Balaban J connectivity index is 1.55. The molecule has 0 unspecified atom stereocenters. The van der Waals surface area contributed by atoms with Gasteiger partial charge in [0, 0.05) is 33.1 Å². The van der Waals surface area contributed by atoms with Gasteiger partial charge in [0.15, 0.2) is 0 Å². The first-order valence-corrected chi connectivity index (χ1v) is 10.4. The predicted octanol–water partition coefficient (Wildman–Crippen LogP) is 2.42. The molecule has 5 nitrogen and oxygen atoms in total. The summed E-state index contributed by atoms with van der Waals surface area (Å²) in [5.74, 6) is -0.260. The largest absolute Gasteiger partial charge is 0.338 e. The molecule has 0 saturated heterocycles. The number of amides is 1. The molecule has 0 N–H and O–H groups in total. The third kappa shape index (κ3) is 4.51. The number of sulfonamides is 1. The maximum absolute atomic E-state index is 12.5. The highest BCUT2D eigenvalue weighted by atomic mass is 32.2. The Labute approximate surface area is 155 Å². The summed E-state index contributed by atoms with van der Waals surface area (Å²) in [5, 5.41) is 0. The van der Waals surface area contributed by atoms with E-state index in [1.54, 1.807) is 11.9 Å².